The van der Waals surface area contributed by atoms with Gasteiger partial charge in [-0.2, -0.15) is 0 Å². The summed E-state index contributed by atoms with van der Waals surface area (Å²) in [6, 6.07) is 15.1. The maximum atomic E-state index is 12.7. The van der Waals surface area contributed by atoms with E-state index in [1.807, 2.05) is 61.5 Å². The molecule has 6 nitrogen and oxygen atoms in total. The molecule has 1 aromatic heterocycles. The molecule has 0 aliphatic carbocycles. The molecule has 1 heterocycles. The van der Waals surface area contributed by atoms with Crippen LogP contribution in [0.3, 0.4) is 0 Å². The Hall–Kier alpha value is -2.48. The summed E-state index contributed by atoms with van der Waals surface area (Å²) in [5, 5.41) is 4.35. The number of carbonyl (C=O) groups is 1. The number of hydrogen-bond acceptors (Lipinski definition) is 4. The highest BCUT2D eigenvalue weighted by atomic mass is 35.5. The second-order valence-electron chi connectivity index (χ2n) is 8.05. The van der Waals surface area contributed by atoms with E-state index in [1.54, 1.807) is 10.6 Å². The molecule has 8 heteroatoms. The van der Waals surface area contributed by atoms with Crippen molar-refractivity contribution in [3.63, 3.8) is 0 Å². The van der Waals surface area contributed by atoms with Crippen LogP contribution in [0.25, 0.3) is 10.9 Å². The Morgan fingerprint density at radius 2 is 1.84 bits per heavy atom. The molecule has 32 heavy (non-hydrogen) atoms. The van der Waals surface area contributed by atoms with Crippen molar-refractivity contribution in [1.82, 2.24) is 19.8 Å². The number of halogens is 1. The van der Waals surface area contributed by atoms with Gasteiger partial charge in [0.2, 0.25) is 5.91 Å². The summed E-state index contributed by atoms with van der Waals surface area (Å²) in [6.45, 7) is 1.03. The van der Waals surface area contributed by atoms with E-state index < -0.39 is 0 Å². The van der Waals surface area contributed by atoms with Crippen LogP contribution in [0.4, 0.5) is 0 Å². The Bertz CT molecular complexity index is 1190. The Kier molecular flexibility index (Phi) is 8.61. The van der Waals surface area contributed by atoms with Gasteiger partial charge < -0.3 is 15.2 Å². The second-order valence-corrected chi connectivity index (χ2v) is 8.84. The number of fused-ring (bicyclic) bond motifs is 1. The molecule has 1 amide bonds. The lowest BCUT2D eigenvalue weighted by Gasteiger charge is -2.26. The minimum Gasteiger partial charge on any atom is -0.354 e. The molecule has 170 valence electrons. The molecule has 1 atom stereocenters. The normalized spacial score (nSPS) is 12.2. The topological polar surface area (TPSA) is 70.1 Å². The van der Waals surface area contributed by atoms with Crippen molar-refractivity contribution in [1.29, 1.82) is 0 Å². The van der Waals surface area contributed by atoms with Gasteiger partial charge in [0.1, 0.15) is 0 Å². The number of aromatic nitrogens is 2. The van der Waals surface area contributed by atoms with Gasteiger partial charge in [-0.05, 0) is 62.9 Å². The van der Waals surface area contributed by atoms with Gasteiger partial charge in [-0.15, -0.1) is 0 Å². The van der Waals surface area contributed by atoms with E-state index in [-0.39, 0.29) is 17.5 Å². The summed E-state index contributed by atoms with van der Waals surface area (Å²) in [4.78, 5) is 30.2. The monoisotopic (exact) mass is 472 g/mol. The number of nitrogens with zero attached hydrogens (tertiary/aromatic N) is 2. The highest BCUT2D eigenvalue weighted by Crippen LogP contribution is 2.25. The van der Waals surface area contributed by atoms with Crippen molar-refractivity contribution in [3.05, 3.63) is 74.2 Å². The summed E-state index contributed by atoms with van der Waals surface area (Å²) >= 11 is 11.7. The maximum Gasteiger partial charge on any atom is 0.262 e. The molecule has 0 radical (unpaired) electrons. The zero-order valence-electron chi connectivity index (χ0n) is 18.4. The number of aromatic amines is 1. The lowest BCUT2D eigenvalue weighted by Crippen LogP contribution is -2.34. The first-order valence-electron chi connectivity index (χ1n) is 10.8. The van der Waals surface area contributed by atoms with Gasteiger partial charge in [0.15, 0.2) is 4.77 Å². The van der Waals surface area contributed by atoms with Crippen molar-refractivity contribution in [3.8, 4) is 0 Å². The third-order valence-electron chi connectivity index (χ3n) is 5.56. The van der Waals surface area contributed by atoms with Crippen LogP contribution in [-0.2, 0) is 11.3 Å². The smallest absolute Gasteiger partial charge is 0.262 e. The zero-order chi connectivity index (χ0) is 23.1. The third-order valence-corrected chi connectivity index (χ3v) is 6.22. The molecule has 2 N–H and O–H groups in total. The van der Waals surface area contributed by atoms with Gasteiger partial charge in [-0.1, -0.05) is 48.4 Å². The molecule has 0 fully saturated rings. The van der Waals surface area contributed by atoms with Crippen molar-refractivity contribution in [2.45, 2.75) is 38.3 Å². The third kappa shape index (κ3) is 6.06. The molecular formula is C24H29ClN4O2S. The van der Waals surface area contributed by atoms with E-state index >= 15 is 0 Å². The summed E-state index contributed by atoms with van der Waals surface area (Å²) in [6.07, 6.45) is 2.82. The number of benzene rings is 2. The van der Waals surface area contributed by atoms with Crippen molar-refractivity contribution in [2.24, 2.45) is 0 Å². The molecule has 0 saturated heterocycles. The highest BCUT2D eigenvalue weighted by Gasteiger charge is 2.17. The Morgan fingerprint density at radius 3 is 2.59 bits per heavy atom. The molecule has 3 aromatic rings. The minimum atomic E-state index is -0.0728. The molecule has 0 bridgehead atoms. The standard InChI is InChI=1S/C24H29ClN4O2S/c1-28(2)21(17-10-5-7-12-19(17)25)16-26-22(30)14-4-3-9-15-29-23(31)18-11-6-8-13-20(18)27-24(29)32/h5-8,10-13,21H,3-4,9,14-16H2,1-2H3,(H,26,30)(H,27,32). The van der Waals surface area contributed by atoms with Gasteiger partial charge >= 0.3 is 0 Å². The molecule has 0 saturated carbocycles. The first kappa shape index (κ1) is 24.2. The lowest BCUT2D eigenvalue weighted by atomic mass is 10.1. The quantitative estimate of drug-likeness (QED) is 0.331. The average Bonchev–Trinajstić information content (AvgIpc) is 2.76. The highest BCUT2D eigenvalue weighted by molar-refractivity contribution is 7.71. The van der Waals surface area contributed by atoms with Gasteiger partial charge in [0, 0.05) is 24.5 Å². The molecule has 0 aliphatic rings. The fourth-order valence-corrected chi connectivity index (χ4v) is 4.30. The molecule has 0 aliphatic heterocycles. The van der Waals surface area contributed by atoms with E-state index in [0.29, 0.717) is 34.7 Å². The van der Waals surface area contributed by atoms with Crippen LogP contribution >= 0.6 is 23.8 Å². The SMILES string of the molecule is CN(C)C(CNC(=O)CCCCCn1c(=S)[nH]c2ccccc2c1=O)c1ccccc1Cl. The first-order valence-corrected chi connectivity index (χ1v) is 11.6. The van der Waals surface area contributed by atoms with Gasteiger partial charge in [0.25, 0.3) is 5.56 Å². The predicted octanol–water partition coefficient (Wildman–Crippen LogP) is 4.69. The number of para-hydroxylation sites is 1. The number of H-pyrrole nitrogens is 1. The van der Waals surface area contributed by atoms with Gasteiger partial charge in [-0.25, -0.2) is 0 Å². The van der Waals surface area contributed by atoms with Gasteiger partial charge in [-0.3, -0.25) is 14.2 Å². The maximum absolute atomic E-state index is 12.7. The van der Waals surface area contributed by atoms with Crippen LogP contribution in [0.5, 0.6) is 0 Å². The Balaban J connectivity index is 1.46. The van der Waals surface area contributed by atoms with Crippen molar-refractivity contribution >= 4 is 40.6 Å². The van der Waals surface area contributed by atoms with E-state index in [0.717, 1.165) is 30.3 Å². The summed E-state index contributed by atoms with van der Waals surface area (Å²) in [5.74, 6) is 0.0177. The van der Waals surface area contributed by atoms with Crippen LogP contribution in [0, 0.1) is 4.77 Å². The lowest BCUT2D eigenvalue weighted by molar-refractivity contribution is -0.121. The average molecular weight is 473 g/mol. The van der Waals surface area contributed by atoms with E-state index in [9.17, 15) is 9.59 Å². The Morgan fingerprint density at radius 1 is 1.12 bits per heavy atom. The fraction of sp³-hybridized carbons (Fsp3) is 0.375. The van der Waals surface area contributed by atoms with E-state index in [4.69, 9.17) is 23.8 Å². The minimum absolute atomic E-state index is 0.00848. The zero-order valence-corrected chi connectivity index (χ0v) is 20.0. The van der Waals surface area contributed by atoms with Crippen LogP contribution in [-0.4, -0.2) is 41.0 Å². The largest absolute Gasteiger partial charge is 0.354 e. The molecule has 2 aromatic carbocycles. The number of nitrogens with one attached hydrogen (secondary N) is 2. The summed E-state index contributed by atoms with van der Waals surface area (Å²) < 4.78 is 2.03. The van der Waals surface area contributed by atoms with Crippen LogP contribution in [0.2, 0.25) is 5.02 Å². The number of carbonyl (C=O) groups excluding carboxylic acids is 1. The second kappa shape index (κ2) is 11.4. The fourth-order valence-electron chi connectivity index (χ4n) is 3.75. The molecule has 3 rings (SSSR count). The number of rotatable bonds is 10. The number of amides is 1. The van der Waals surface area contributed by atoms with E-state index in [1.165, 1.54) is 0 Å². The number of unbranched alkanes of at least 4 members (excludes halogenated alkanes) is 2. The molecule has 1 unspecified atom stereocenters. The summed E-state index contributed by atoms with van der Waals surface area (Å²) in [5.41, 5.74) is 1.68. The van der Waals surface area contributed by atoms with Crippen LogP contribution in [0.15, 0.2) is 53.3 Å². The first-order chi connectivity index (χ1) is 15.4. The van der Waals surface area contributed by atoms with Crippen LogP contribution < -0.4 is 10.9 Å². The Labute approximate surface area is 198 Å². The predicted molar refractivity (Wildman–Crippen MR) is 133 cm³/mol. The van der Waals surface area contributed by atoms with Gasteiger partial charge in [0.05, 0.1) is 16.9 Å². The van der Waals surface area contributed by atoms with Crippen molar-refractivity contribution in [2.75, 3.05) is 20.6 Å². The van der Waals surface area contributed by atoms with E-state index in [2.05, 4.69) is 10.3 Å². The summed E-state index contributed by atoms with van der Waals surface area (Å²) in [7, 11) is 3.94. The number of hydrogen-bond donors (Lipinski definition) is 2. The van der Waals surface area contributed by atoms with Crippen molar-refractivity contribution < 1.29 is 4.79 Å². The molecule has 0 spiro atoms. The number of likely N-dealkylation sites (N-methyl/N-ethyl adjacent to an activating group) is 1. The molecular weight excluding hydrogens is 444 g/mol. The van der Waals surface area contributed by atoms with Crippen LogP contribution in [0.1, 0.15) is 37.3 Å².